The molecule has 0 spiro atoms. The predicted octanol–water partition coefficient (Wildman–Crippen LogP) is 2.93. The third-order valence-electron chi connectivity index (χ3n) is 5.62. The molecule has 2 aliphatic rings. The van der Waals surface area contributed by atoms with Gasteiger partial charge in [0.25, 0.3) is 11.8 Å². The van der Waals surface area contributed by atoms with Crippen LogP contribution < -0.4 is 20.1 Å². The van der Waals surface area contributed by atoms with Crippen molar-refractivity contribution in [1.82, 2.24) is 10.2 Å². The summed E-state index contributed by atoms with van der Waals surface area (Å²) < 4.78 is 10.9. The minimum Gasteiger partial charge on any atom is -0.493 e. The first-order chi connectivity index (χ1) is 17.0. The van der Waals surface area contributed by atoms with E-state index in [0.29, 0.717) is 35.9 Å². The Morgan fingerprint density at radius 3 is 2.51 bits per heavy atom. The first kappa shape index (κ1) is 24.6. The molecule has 35 heavy (non-hydrogen) atoms. The number of ether oxygens (including phenoxy) is 2. The Morgan fingerprint density at radius 2 is 1.80 bits per heavy atom. The summed E-state index contributed by atoms with van der Waals surface area (Å²) in [4.78, 5) is 43.3. The number of hydrogen-bond donors (Lipinski definition) is 2. The van der Waals surface area contributed by atoms with Gasteiger partial charge in [-0.3, -0.25) is 14.4 Å². The van der Waals surface area contributed by atoms with Crippen molar-refractivity contribution in [2.45, 2.75) is 24.5 Å². The number of likely N-dealkylation sites (tertiary alicyclic amines) is 1. The van der Waals surface area contributed by atoms with Crippen LogP contribution in [0.4, 0.5) is 5.69 Å². The second kappa shape index (κ2) is 11.7. The van der Waals surface area contributed by atoms with Crippen molar-refractivity contribution in [3.8, 4) is 11.5 Å². The predicted molar refractivity (Wildman–Crippen MR) is 135 cm³/mol. The summed E-state index contributed by atoms with van der Waals surface area (Å²) >= 11 is 1.37. The quantitative estimate of drug-likeness (QED) is 0.514. The van der Waals surface area contributed by atoms with Crippen LogP contribution in [0.3, 0.4) is 0 Å². The fourth-order valence-electron chi connectivity index (χ4n) is 3.80. The van der Waals surface area contributed by atoms with E-state index in [9.17, 15) is 14.4 Å². The van der Waals surface area contributed by atoms with E-state index in [4.69, 9.17) is 9.47 Å². The van der Waals surface area contributed by atoms with Crippen LogP contribution in [-0.2, 0) is 9.59 Å². The summed E-state index contributed by atoms with van der Waals surface area (Å²) in [6.07, 6.45) is 2.26. The number of thioether (sulfide) groups is 1. The van der Waals surface area contributed by atoms with E-state index in [1.807, 2.05) is 12.1 Å². The van der Waals surface area contributed by atoms with Crippen molar-refractivity contribution in [2.75, 3.05) is 38.7 Å². The summed E-state index contributed by atoms with van der Waals surface area (Å²) in [5.41, 5.74) is 1.02. The molecule has 0 bridgehead atoms. The fourth-order valence-corrected chi connectivity index (χ4v) is 4.92. The Morgan fingerprint density at radius 1 is 1.09 bits per heavy atom. The fraction of sp³-hybridized carbons (Fsp3) is 0.360. The molecule has 1 fully saturated rings. The van der Waals surface area contributed by atoms with Crippen LogP contribution in [0.5, 0.6) is 11.5 Å². The molecule has 0 unspecified atom stereocenters. The summed E-state index contributed by atoms with van der Waals surface area (Å²) in [6, 6.07) is 13.9. The van der Waals surface area contributed by atoms with E-state index in [2.05, 4.69) is 20.5 Å². The van der Waals surface area contributed by atoms with Crippen LogP contribution in [0.25, 0.3) is 0 Å². The van der Waals surface area contributed by atoms with Gasteiger partial charge >= 0.3 is 0 Å². The SMILES string of the molecule is COc1ccccc1OCCNC(=O)c1ccc(NC(=O)C[C@H]2SC(N3CCCC3)=NC2=O)cc1. The highest BCUT2D eigenvalue weighted by Gasteiger charge is 2.33. The maximum absolute atomic E-state index is 12.5. The Balaban J connectivity index is 1.19. The van der Waals surface area contributed by atoms with Gasteiger partial charge in [0.1, 0.15) is 11.9 Å². The molecule has 9 nitrogen and oxygen atoms in total. The van der Waals surface area contributed by atoms with E-state index in [1.165, 1.54) is 11.8 Å². The van der Waals surface area contributed by atoms with Crippen molar-refractivity contribution in [3.63, 3.8) is 0 Å². The zero-order valence-corrected chi connectivity index (χ0v) is 20.3. The number of nitrogens with zero attached hydrogens (tertiary/aromatic N) is 2. The number of amidine groups is 1. The van der Waals surface area contributed by atoms with Gasteiger partial charge in [0, 0.05) is 30.8 Å². The number of hydrogen-bond acceptors (Lipinski definition) is 7. The lowest BCUT2D eigenvalue weighted by atomic mass is 10.2. The van der Waals surface area contributed by atoms with Crippen LogP contribution >= 0.6 is 11.8 Å². The smallest absolute Gasteiger partial charge is 0.262 e. The molecule has 1 atom stereocenters. The monoisotopic (exact) mass is 496 g/mol. The van der Waals surface area contributed by atoms with Crippen molar-refractivity contribution in [2.24, 2.45) is 4.99 Å². The molecular formula is C25H28N4O5S. The Bertz CT molecular complexity index is 1100. The summed E-state index contributed by atoms with van der Waals surface area (Å²) in [7, 11) is 1.57. The standard InChI is InChI=1S/C25H28N4O5S/c1-33-19-6-2-3-7-20(19)34-15-12-26-23(31)17-8-10-18(11-9-17)27-22(30)16-21-24(32)28-25(35-21)29-13-4-5-14-29/h2-3,6-11,21H,4-5,12-16H2,1H3,(H,26,31)(H,27,30)/t21-/m1/s1. The van der Waals surface area contributed by atoms with E-state index < -0.39 is 5.25 Å². The number of carbonyl (C=O) groups excluding carboxylic acids is 3. The normalized spacial score (nSPS) is 17.2. The molecule has 2 N–H and O–H groups in total. The van der Waals surface area contributed by atoms with E-state index in [0.717, 1.165) is 31.1 Å². The third kappa shape index (κ3) is 6.54. The number of para-hydroxylation sites is 2. The molecule has 184 valence electrons. The van der Waals surface area contributed by atoms with Gasteiger partial charge in [-0.1, -0.05) is 23.9 Å². The van der Waals surface area contributed by atoms with Crippen LogP contribution in [-0.4, -0.2) is 66.4 Å². The van der Waals surface area contributed by atoms with Gasteiger partial charge in [0.05, 0.1) is 13.7 Å². The maximum Gasteiger partial charge on any atom is 0.262 e. The van der Waals surface area contributed by atoms with E-state index in [1.54, 1.807) is 43.5 Å². The van der Waals surface area contributed by atoms with Crippen molar-refractivity contribution >= 4 is 40.3 Å². The first-order valence-corrected chi connectivity index (χ1v) is 12.4. The Kier molecular flexibility index (Phi) is 8.25. The Hall–Kier alpha value is -3.53. The number of anilines is 1. The number of benzene rings is 2. The zero-order chi connectivity index (χ0) is 24.6. The van der Waals surface area contributed by atoms with Gasteiger partial charge < -0.3 is 25.0 Å². The Labute approximate surface area is 208 Å². The molecule has 2 aliphatic heterocycles. The van der Waals surface area contributed by atoms with Crippen LogP contribution in [0.15, 0.2) is 53.5 Å². The molecule has 0 aromatic heterocycles. The average molecular weight is 497 g/mol. The lowest BCUT2D eigenvalue weighted by Crippen LogP contribution is -2.28. The second-order valence-electron chi connectivity index (χ2n) is 8.12. The molecule has 4 rings (SSSR count). The minimum absolute atomic E-state index is 0.0543. The van der Waals surface area contributed by atoms with Gasteiger partial charge in [-0.05, 0) is 49.2 Å². The highest BCUT2D eigenvalue weighted by Crippen LogP contribution is 2.29. The molecule has 2 aromatic carbocycles. The van der Waals surface area contributed by atoms with Gasteiger partial charge in [-0.15, -0.1) is 0 Å². The molecule has 0 radical (unpaired) electrons. The van der Waals surface area contributed by atoms with Gasteiger partial charge in [0.15, 0.2) is 16.7 Å². The minimum atomic E-state index is -0.492. The lowest BCUT2D eigenvalue weighted by molar-refractivity contribution is -0.121. The zero-order valence-electron chi connectivity index (χ0n) is 19.5. The first-order valence-electron chi connectivity index (χ1n) is 11.5. The molecule has 10 heteroatoms. The van der Waals surface area contributed by atoms with Crippen LogP contribution in [0.2, 0.25) is 0 Å². The summed E-state index contributed by atoms with van der Waals surface area (Å²) in [5.74, 6) is 0.479. The van der Waals surface area contributed by atoms with Crippen LogP contribution in [0.1, 0.15) is 29.6 Å². The molecule has 2 aromatic rings. The number of nitrogens with one attached hydrogen (secondary N) is 2. The number of carbonyl (C=O) groups is 3. The van der Waals surface area contributed by atoms with Gasteiger partial charge in [0.2, 0.25) is 5.91 Å². The van der Waals surface area contributed by atoms with Crippen LogP contribution in [0, 0.1) is 0 Å². The topological polar surface area (TPSA) is 109 Å². The second-order valence-corrected chi connectivity index (χ2v) is 9.29. The molecular weight excluding hydrogens is 468 g/mol. The van der Waals surface area contributed by atoms with Crippen molar-refractivity contribution in [3.05, 3.63) is 54.1 Å². The molecule has 2 heterocycles. The van der Waals surface area contributed by atoms with Gasteiger partial charge in [-0.2, -0.15) is 4.99 Å². The number of amides is 3. The lowest BCUT2D eigenvalue weighted by Gasteiger charge is -2.16. The highest BCUT2D eigenvalue weighted by atomic mass is 32.2. The molecule has 0 saturated carbocycles. The maximum atomic E-state index is 12.5. The highest BCUT2D eigenvalue weighted by molar-refractivity contribution is 8.15. The number of aliphatic imine (C=N–C) groups is 1. The van der Waals surface area contributed by atoms with E-state index in [-0.39, 0.29) is 24.1 Å². The number of methoxy groups -OCH3 is 1. The largest absolute Gasteiger partial charge is 0.493 e. The molecule has 3 amide bonds. The van der Waals surface area contributed by atoms with Crippen molar-refractivity contribution < 1.29 is 23.9 Å². The van der Waals surface area contributed by atoms with Gasteiger partial charge in [-0.25, -0.2) is 0 Å². The third-order valence-corrected chi connectivity index (χ3v) is 6.83. The van der Waals surface area contributed by atoms with E-state index >= 15 is 0 Å². The average Bonchev–Trinajstić information content (AvgIpc) is 3.52. The molecule has 0 aliphatic carbocycles. The number of rotatable bonds is 9. The summed E-state index contributed by atoms with van der Waals surface area (Å²) in [6.45, 7) is 2.44. The summed E-state index contributed by atoms with van der Waals surface area (Å²) in [5, 5.41) is 5.83. The molecule has 1 saturated heterocycles. The van der Waals surface area contributed by atoms with Crippen molar-refractivity contribution in [1.29, 1.82) is 0 Å².